The predicted octanol–water partition coefficient (Wildman–Crippen LogP) is 10.3. The third kappa shape index (κ3) is 3.50. The summed E-state index contributed by atoms with van der Waals surface area (Å²) in [6.45, 7) is 0. The quantitative estimate of drug-likeness (QED) is 0.132. The summed E-state index contributed by atoms with van der Waals surface area (Å²) in [5.74, 6) is 0.0845. The van der Waals surface area contributed by atoms with Crippen molar-refractivity contribution >= 4 is 154 Å². The Labute approximate surface area is 300 Å². The van der Waals surface area contributed by atoms with Crippen LogP contribution in [0.15, 0.2) is 91.5 Å². The van der Waals surface area contributed by atoms with Gasteiger partial charge in [-0.15, -0.1) is 0 Å². The van der Waals surface area contributed by atoms with E-state index >= 15 is 0 Å². The van der Waals surface area contributed by atoms with E-state index in [1.807, 2.05) is 54.6 Å². The van der Waals surface area contributed by atoms with Gasteiger partial charge in [-0.25, -0.2) is 9.78 Å². The van der Waals surface area contributed by atoms with Crippen LogP contribution in [-0.2, 0) is 0 Å². The highest BCUT2D eigenvalue weighted by molar-refractivity contribution is 9.11. The van der Waals surface area contributed by atoms with Crippen LogP contribution in [0.3, 0.4) is 0 Å². The zero-order valence-electron chi connectivity index (χ0n) is 24.0. The zero-order valence-corrected chi connectivity index (χ0v) is 29.4. The molecule has 230 valence electrons. The lowest BCUT2D eigenvalue weighted by Crippen LogP contribution is -2.22. The van der Waals surface area contributed by atoms with Gasteiger partial charge < -0.3 is 5.73 Å². The second-order valence-corrected chi connectivity index (χ2v) is 14.7. The van der Waals surface area contributed by atoms with E-state index in [1.54, 1.807) is 22.7 Å². The fourth-order valence-corrected chi connectivity index (χ4v) is 10.3. The van der Waals surface area contributed by atoms with Gasteiger partial charge >= 0.3 is 5.69 Å². The highest BCUT2D eigenvalue weighted by Crippen LogP contribution is 2.53. The van der Waals surface area contributed by atoms with Crippen LogP contribution in [0.4, 0.5) is 5.82 Å². The summed E-state index contributed by atoms with van der Waals surface area (Å²) in [7, 11) is 0. The van der Waals surface area contributed by atoms with Crippen LogP contribution in [0.1, 0.15) is 0 Å². The Morgan fingerprint density at radius 2 is 1.29 bits per heavy atom. The molecule has 0 saturated carbocycles. The normalized spacial score (nSPS) is 12.5. The first kappa shape index (κ1) is 28.7. The molecule has 0 spiro atoms. The lowest BCUT2D eigenvalue weighted by Gasteiger charge is -2.23. The number of nitrogen functional groups attached to an aromatic ring is 1. The van der Waals surface area contributed by atoms with E-state index < -0.39 is 5.69 Å². The molecule has 0 bridgehead atoms. The van der Waals surface area contributed by atoms with Crippen LogP contribution in [0.25, 0.3) is 87.0 Å². The molecule has 7 nitrogen and oxygen atoms in total. The van der Waals surface area contributed by atoms with Crippen LogP contribution < -0.4 is 17.0 Å². The predicted molar refractivity (Wildman–Crippen MR) is 205 cm³/mol. The lowest BCUT2D eigenvalue weighted by molar-refractivity contribution is 0.928. The Balaban J connectivity index is 1.62. The summed E-state index contributed by atoms with van der Waals surface area (Å²) in [6, 6.07) is 20.5. The van der Waals surface area contributed by atoms with E-state index in [9.17, 15) is 9.59 Å². The average molecular weight is 815 g/mol. The SMILES string of the molecule is Nc1ccn(-c2cc3c4c(cc(Cl)c5c6c(Cl)cc(Br)c7c(Br)cc(Cl)c(c2c54)c76)c(=O)n2c4cccc5cccc(nc32)c54)c(=O)n1. The van der Waals surface area contributed by atoms with E-state index in [2.05, 4.69) is 36.8 Å². The monoisotopic (exact) mass is 811 g/mol. The lowest BCUT2D eigenvalue weighted by atomic mass is 9.86. The maximum absolute atomic E-state index is 14.7. The van der Waals surface area contributed by atoms with Crippen LogP contribution in [-0.4, -0.2) is 18.9 Å². The van der Waals surface area contributed by atoms with Gasteiger partial charge in [0.25, 0.3) is 5.56 Å². The third-order valence-corrected chi connectivity index (χ3v) is 11.5. The smallest absolute Gasteiger partial charge is 0.354 e. The van der Waals surface area contributed by atoms with Gasteiger partial charge in [-0.3, -0.25) is 13.8 Å². The van der Waals surface area contributed by atoms with Gasteiger partial charge in [0.1, 0.15) is 11.5 Å². The Bertz CT molecular complexity index is 3240. The highest BCUT2D eigenvalue weighted by Gasteiger charge is 2.28. The molecule has 7 aromatic carbocycles. The van der Waals surface area contributed by atoms with Gasteiger partial charge in [0.2, 0.25) is 0 Å². The average Bonchev–Trinajstić information content (AvgIpc) is 3.04. The fraction of sp³-hybridized carbons (Fsp3) is 0. The van der Waals surface area contributed by atoms with Crippen molar-refractivity contribution in [2.75, 3.05) is 5.73 Å². The van der Waals surface area contributed by atoms with Crippen molar-refractivity contribution in [3.63, 3.8) is 0 Å². The number of benzene rings is 7. The molecule has 0 unspecified atom stereocenters. The van der Waals surface area contributed by atoms with E-state index in [-0.39, 0.29) is 11.4 Å². The van der Waals surface area contributed by atoms with E-state index in [0.717, 1.165) is 36.0 Å². The summed E-state index contributed by atoms with van der Waals surface area (Å²) in [5, 5.41) is 9.35. The third-order valence-electron chi connectivity index (χ3n) is 9.35. The number of rotatable bonds is 1. The maximum atomic E-state index is 14.7. The minimum absolute atomic E-state index is 0.0845. The largest absolute Gasteiger partial charge is 0.383 e. The van der Waals surface area contributed by atoms with E-state index in [1.165, 1.54) is 4.57 Å². The maximum Gasteiger partial charge on any atom is 0.354 e. The van der Waals surface area contributed by atoms with Gasteiger partial charge in [-0.05, 0) is 47.9 Å². The number of nitrogens with zero attached hydrogens (tertiary/aromatic N) is 4. The molecular formula is C36H14Br2Cl3N5O2. The standard InChI is InChI=1S/C36H14Br2Cl3N5O2/c37-16-11-19(40)29-28-18(39)9-15-26-14(34-43-21-5-1-3-13-4-2-6-22(25(13)21)46(34)35(15)47)10-23(45-8-7-24(42)44-36(45)48)31(32(26)28)30-20(41)12-17(38)27(16)33(29)30/h1-12H,(H2,42,44,48). The van der Waals surface area contributed by atoms with Crippen LogP contribution in [0.2, 0.25) is 15.1 Å². The van der Waals surface area contributed by atoms with Gasteiger partial charge in [0, 0.05) is 74.0 Å². The van der Waals surface area contributed by atoms with Crippen molar-refractivity contribution in [2.45, 2.75) is 0 Å². The van der Waals surface area contributed by atoms with Crippen molar-refractivity contribution in [2.24, 2.45) is 0 Å². The molecular weight excluding hydrogens is 801 g/mol. The zero-order chi connectivity index (χ0) is 32.9. The molecule has 10 aromatic rings. The van der Waals surface area contributed by atoms with Crippen molar-refractivity contribution < 1.29 is 0 Å². The molecule has 0 atom stereocenters. The molecule has 0 amide bonds. The first-order valence-corrected chi connectivity index (χ1v) is 17.3. The first-order chi connectivity index (χ1) is 23.1. The topological polar surface area (TPSA) is 95.3 Å². The molecule has 3 aromatic heterocycles. The van der Waals surface area contributed by atoms with Crippen molar-refractivity contribution in [1.29, 1.82) is 0 Å². The molecule has 0 aliphatic rings. The summed E-state index contributed by atoms with van der Waals surface area (Å²) in [4.78, 5) is 37.5. The number of hydrogen-bond donors (Lipinski definition) is 1. The summed E-state index contributed by atoms with van der Waals surface area (Å²) in [5.41, 5.74) is 7.40. The molecule has 0 radical (unpaired) electrons. The van der Waals surface area contributed by atoms with Gasteiger partial charge in [-0.1, -0.05) is 90.9 Å². The number of pyridine rings is 1. The molecule has 2 N–H and O–H groups in total. The molecule has 48 heavy (non-hydrogen) atoms. The molecule has 0 aliphatic heterocycles. The number of nitrogens with two attached hydrogens (primary N) is 1. The number of fused-ring (bicyclic) bond motifs is 5. The highest BCUT2D eigenvalue weighted by atomic mass is 79.9. The van der Waals surface area contributed by atoms with Crippen molar-refractivity contribution in [3.05, 3.63) is 118 Å². The van der Waals surface area contributed by atoms with Gasteiger partial charge in [0.15, 0.2) is 0 Å². The second kappa shape index (κ2) is 9.68. The Morgan fingerprint density at radius 3 is 2.00 bits per heavy atom. The molecule has 0 saturated heterocycles. The number of aromatic nitrogens is 4. The Hall–Kier alpha value is -4.25. The summed E-state index contributed by atoms with van der Waals surface area (Å²) < 4.78 is 4.54. The number of halogens is 5. The number of anilines is 1. The van der Waals surface area contributed by atoms with Crippen LogP contribution in [0, 0.1) is 0 Å². The Morgan fingerprint density at radius 1 is 0.646 bits per heavy atom. The van der Waals surface area contributed by atoms with Crippen LogP contribution >= 0.6 is 66.7 Å². The first-order valence-electron chi connectivity index (χ1n) is 14.6. The minimum atomic E-state index is -0.589. The number of hydrogen-bond acceptors (Lipinski definition) is 5. The van der Waals surface area contributed by atoms with E-state index in [4.69, 9.17) is 45.5 Å². The van der Waals surface area contributed by atoms with Gasteiger partial charge in [-0.2, -0.15) is 4.98 Å². The van der Waals surface area contributed by atoms with E-state index in [0.29, 0.717) is 75.0 Å². The summed E-state index contributed by atoms with van der Waals surface area (Å²) >= 11 is 28.9. The molecule has 3 heterocycles. The van der Waals surface area contributed by atoms with Gasteiger partial charge in [0.05, 0.1) is 32.2 Å². The molecule has 10 rings (SSSR count). The minimum Gasteiger partial charge on any atom is -0.383 e. The molecule has 0 aliphatic carbocycles. The van der Waals surface area contributed by atoms with Crippen molar-refractivity contribution in [3.8, 4) is 5.69 Å². The summed E-state index contributed by atoms with van der Waals surface area (Å²) in [6.07, 6.45) is 1.58. The molecule has 0 fully saturated rings. The Kier molecular flexibility index (Phi) is 5.79. The van der Waals surface area contributed by atoms with Crippen molar-refractivity contribution in [1.82, 2.24) is 18.9 Å². The van der Waals surface area contributed by atoms with Crippen LogP contribution in [0.5, 0.6) is 0 Å². The second-order valence-electron chi connectivity index (χ2n) is 11.8. The molecule has 12 heteroatoms. The fourth-order valence-electron chi connectivity index (χ4n) is 7.55.